The summed E-state index contributed by atoms with van der Waals surface area (Å²) >= 11 is 0. The van der Waals surface area contributed by atoms with Crippen LogP contribution >= 0.6 is 0 Å². The van der Waals surface area contributed by atoms with Gasteiger partial charge in [-0.15, -0.1) is 0 Å². The highest BCUT2D eigenvalue weighted by Crippen LogP contribution is 2.37. The lowest BCUT2D eigenvalue weighted by molar-refractivity contribution is 0.104. The fraction of sp³-hybridized carbons (Fsp3) is 0.235. The van der Waals surface area contributed by atoms with Crippen LogP contribution in [0.15, 0.2) is 42.5 Å². The Bertz CT molecular complexity index is 639. The molecule has 2 rings (SSSR count). The Balaban J connectivity index is 2.30. The Hall–Kier alpha value is -2.49. The van der Waals surface area contributed by atoms with Crippen LogP contribution in [0, 0.1) is 12.8 Å². The number of rotatable bonds is 4. The van der Waals surface area contributed by atoms with Crippen LogP contribution in [0.25, 0.3) is 0 Å². The molecule has 1 aliphatic carbocycles. The second-order valence-corrected chi connectivity index (χ2v) is 4.88. The molecule has 0 aromatic heterocycles. The van der Waals surface area contributed by atoms with Crippen molar-refractivity contribution in [2.75, 3.05) is 7.11 Å². The van der Waals surface area contributed by atoms with Gasteiger partial charge in [0.05, 0.1) is 7.11 Å². The molecule has 0 saturated heterocycles. The van der Waals surface area contributed by atoms with E-state index in [4.69, 9.17) is 4.74 Å². The number of benzene rings is 1. The highest BCUT2D eigenvalue weighted by Gasteiger charge is 2.20. The van der Waals surface area contributed by atoms with E-state index >= 15 is 0 Å². The zero-order chi connectivity index (χ0) is 15.4. The second-order valence-electron chi connectivity index (χ2n) is 4.88. The maximum absolute atomic E-state index is 12.3. The summed E-state index contributed by atoms with van der Waals surface area (Å²) in [4.78, 5) is 12.3. The van der Waals surface area contributed by atoms with Gasteiger partial charge >= 0.3 is 0 Å². The summed E-state index contributed by atoms with van der Waals surface area (Å²) in [5, 5.41) is 19.7. The van der Waals surface area contributed by atoms with Gasteiger partial charge in [0.25, 0.3) is 0 Å². The molecule has 21 heavy (non-hydrogen) atoms. The summed E-state index contributed by atoms with van der Waals surface area (Å²) in [7, 11) is 1.39. The van der Waals surface area contributed by atoms with E-state index in [1.165, 1.54) is 19.3 Å². The number of phenolic OH excluding ortho intramolecular Hbond substituents is 2. The van der Waals surface area contributed by atoms with Crippen LogP contribution in [0.3, 0.4) is 0 Å². The van der Waals surface area contributed by atoms with Crippen molar-refractivity contribution in [3.05, 3.63) is 53.6 Å². The second kappa shape index (κ2) is 6.31. The molecule has 4 nitrogen and oxygen atoms in total. The summed E-state index contributed by atoms with van der Waals surface area (Å²) in [5.41, 5.74) is 0.326. The van der Waals surface area contributed by atoms with E-state index in [0.29, 0.717) is 0 Å². The molecule has 4 heteroatoms. The molecule has 0 aliphatic heterocycles. The smallest absolute Gasteiger partial charge is 0.193 e. The molecule has 0 amide bonds. The normalized spacial score (nSPS) is 17.3. The molecule has 1 aromatic rings. The molecular formula is C17H18O4. The van der Waals surface area contributed by atoms with E-state index in [2.05, 4.69) is 0 Å². The lowest BCUT2D eigenvalue weighted by Gasteiger charge is -2.12. The van der Waals surface area contributed by atoms with Crippen molar-refractivity contribution in [2.24, 2.45) is 5.92 Å². The quantitative estimate of drug-likeness (QED) is 0.658. The minimum Gasteiger partial charge on any atom is -0.507 e. The number of ketones is 1. The Kier molecular flexibility index (Phi) is 4.48. The highest BCUT2D eigenvalue weighted by atomic mass is 16.5. The third kappa shape index (κ3) is 3.16. The number of allylic oxidation sites excluding steroid dienone is 6. The average molecular weight is 286 g/mol. The summed E-state index contributed by atoms with van der Waals surface area (Å²) in [6.45, 7) is 1.54. The van der Waals surface area contributed by atoms with E-state index in [1.807, 2.05) is 24.3 Å². The van der Waals surface area contributed by atoms with Crippen LogP contribution in [0.4, 0.5) is 0 Å². The Morgan fingerprint density at radius 2 is 2.14 bits per heavy atom. The molecule has 110 valence electrons. The van der Waals surface area contributed by atoms with Gasteiger partial charge in [-0.05, 0) is 25.3 Å². The lowest BCUT2D eigenvalue weighted by atomic mass is 9.98. The standard InChI is InChI=1S/C17H18O4/c1-11-14(19)10-15(21-2)16(17(11)20)13(18)9-8-12-6-4-3-5-7-12/h3-6,8-10,12,19-20H,7H2,1-2H3. The van der Waals surface area contributed by atoms with Crippen molar-refractivity contribution in [3.63, 3.8) is 0 Å². The average Bonchev–Trinajstić information content (AvgIpc) is 2.51. The molecule has 0 spiro atoms. The fourth-order valence-corrected chi connectivity index (χ4v) is 2.17. The first-order valence-corrected chi connectivity index (χ1v) is 6.70. The summed E-state index contributed by atoms with van der Waals surface area (Å²) in [5.74, 6) is -0.379. The van der Waals surface area contributed by atoms with Gasteiger partial charge in [-0.3, -0.25) is 4.79 Å². The van der Waals surface area contributed by atoms with E-state index in [1.54, 1.807) is 13.0 Å². The number of carbonyl (C=O) groups excluding carboxylic acids is 1. The fourth-order valence-electron chi connectivity index (χ4n) is 2.17. The maximum atomic E-state index is 12.3. The van der Waals surface area contributed by atoms with Gasteiger partial charge in [0.1, 0.15) is 22.8 Å². The third-order valence-electron chi connectivity index (χ3n) is 3.47. The molecule has 0 saturated carbocycles. The number of aromatic hydroxyl groups is 2. The van der Waals surface area contributed by atoms with Gasteiger partial charge in [-0.1, -0.05) is 30.4 Å². The molecule has 1 atom stereocenters. The van der Waals surface area contributed by atoms with Crippen molar-refractivity contribution < 1.29 is 19.7 Å². The number of methoxy groups -OCH3 is 1. The number of carbonyl (C=O) groups is 1. The van der Waals surface area contributed by atoms with Crippen molar-refractivity contribution in [1.82, 2.24) is 0 Å². The molecular weight excluding hydrogens is 268 g/mol. The van der Waals surface area contributed by atoms with Gasteiger partial charge in [0, 0.05) is 11.6 Å². The van der Waals surface area contributed by atoms with Gasteiger partial charge in [0.2, 0.25) is 0 Å². The molecule has 1 aromatic carbocycles. The topological polar surface area (TPSA) is 66.8 Å². The zero-order valence-corrected chi connectivity index (χ0v) is 12.0. The van der Waals surface area contributed by atoms with Crippen LogP contribution in [-0.2, 0) is 0 Å². The Morgan fingerprint density at radius 1 is 1.38 bits per heavy atom. The monoisotopic (exact) mass is 286 g/mol. The van der Waals surface area contributed by atoms with Crippen LogP contribution in [0.2, 0.25) is 0 Å². The third-order valence-corrected chi connectivity index (χ3v) is 3.47. The van der Waals surface area contributed by atoms with Gasteiger partial charge in [-0.2, -0.15) is 0 Å². The molecule has 0 heterocycles. The summed E-state index contributed by atoms with van der Waals surface area (Å²) in [6, 6.07) is 1.33. The maximum Gasteiger partial charge on any atom is 0.193 e. The molecule has 0 radical (unpaired) electrons. The van der Waals surface area contributed by atoms with Crippen LogP contribution in [0.1, 0.15) is 22.3 Å². The van der Waals surface area contributed by atoms with Gasteiger partial charge < -0.3 is 14.9 Å². The van der Waals surface area contributed by atoms with Crippen LogP contribution < -0.4 is 4.74 Å². The van der Waals surface area contributed by atoms with E-state index < -0.39 is 0 Å². The van der Waals surface area contributed by atoms with Gasteiger partial charge in [0.15, 0.2) is 5.78 Å². The minimum absolute atomic E-state index is 0.0689. The highest BCUT2D eigenvalue weighted by molar-refractivity contribution is 6.09. The van der Waals surface area contributed by atoms with Crippen molar-refractivity contribution >= 4 is 5.78 Å². The summed E-state index contributed by atoms with van der Waals surface area (Å²) in [6.07, 6.45) is 12.0. The van der Waals surface area contributed by atoms with Crippen molar-refractivity contribution in [2.45, 2.75) is 13.3 Å². The van der Waals surface area contributed by atoms with Gasteiger partial charge in [-0.25, -0.2) is 0 Å². The summed E-state index contributed by atoms with van der Waals surface area (Å²) < 4.78 is 5.08. The van der Waals surface area contributed by atoms with E-state index in [0.717, 1.165) is 6.42 Å². The Labute approximate surface area is 123 Å². The SMILES string of the molecule is COc1cc(O)c(C)c(O)c1C(=O)C=CC1C=CC=CC1. The first kappa shape index (κ1) is 14.9. The minimum atomic E-state index is -0.351. The lowest BCUT2D eigenvalue weighted by Crippen LogP contribution is -2.02. The molecule has 0 fully saturated rings. The van der Waals surface area contributed by atoms with E-state index in [9.17, 15) is 15.0 Å². The molecule has 1 aliphatic rings. The zero-order valence-electron chi connectivity index (χ0n) is 12.0. The van der Waals surface area contributed by atoms with Crippen molar-refractivity contribution in [3.8, 4) is 17.2 Å². The number of ether oxygens (including phenoxy) is 1. The first-order chi connectivity index (χ1) is 10.0. The first-order valence-electron chi connectivity index (χ1n) is 6.70. The molecule has 1 unspecified atom stereocenters. The van der Waals surface area contributed by atoms with Crippen LogP contribution in [0.5, 0.6) is 17.2 Å². The number of hydrogen-bond acceptors (Lipinski definition) is 4. The Morgan fingerprint density at radius 3 is 2.76 bits per heavy atom. The molecule has 0 bridgehead atoms. The number of hydrogen-bond donors (Lipinski definition) is 2. The predicted molar refractivity (Wildman–Crippen MR) is 80.9 cm³/mol. The number of phenols is 2. The van der Waals surface area contributed by atoms with E-state index in [-0.39, 0.29) is 40.1 Å². The predicted octanol–water partition coefficient (Wildman–Crippen LogP) is 3.29. The molecule has 2 N–H and O–H groups in total. The largest absolute Gasteiger partial charge is 0.507 e. The van der Waals surface area contributed by atoms with Crippen molar-refractivity contribution in [1.29, 1.82) is 0 Å². The van der Waals surface area contributed by atoms with Crippen LogP contribution in [-0.4, -0.2) is 23.1 Å².